The van der Waals surface area contributed by atoms with Gasteiger partial charge in [-0.1, -0.05) is 45.9 Å². The van der Waals surface area contributed by atoms with Crippen molar-refractivity contribution in [1.82, 2.24) is 5.32 Å². The van der Waals surface area contributed by atoms with Gasteiger partial charge in [0.25, 0.3) is 0 Å². The lowest BCUT2D eigenvalue weighted by atomic mass is 10.0. The van der Waals surface area contributed by atoms with E-state index in [9.17, 15) is 4.79 Å². The van der Waals surface area contributed by atoms with Gasteiger partial charge in [-0.05, 0) is 36.4 Å². The molecule has 0 atom stereocenters. The average Bonchev–Trinajstić information content (AvgIpc) is 2.38. The Morgan fingerprint density at radius 1 is 1.16 bits per heavy atom. The summed E-state index contributed by atoms with van der Waals surface area (Å²) in [7, 11) is 0. The summed E-state index contributed by atoms with van der Waals surface area (Å²) in [6.07, 6.45) is 1.87. The average molecular weight is 262 g/mol. The minimum Gasteiger partial charge on any atom is -0.324 e. The second-order valence-electron chi connectivity index (χ2n) is 5.23. The Hall–Kier alpha value is -1.35. The van der Waals surface area contributed by atoms with E-state index in [1.807, 2.05) is 0 Å². The van der Waals surface area contributed by atoms with Crippen LogP contribution >= 0.6 is 0 Å². The maximum atomic E-state index is 12.0. The number of hydrogen-bond acceptors (Lipinski definition) is 2. The number of nitrogens with one attached hydrogen (secondary N) is 2. The SMILES string of the molecule is CCc1cccc(CC)c1NC(=O)CNCC(C)C. The number of anilines is 1. The fourth-order valence-corrected chi connectivity index (χ4v) is 2.06. The molecule has 0 aliphatic carbocycles. The molecule has 0 unspecified atom stereocenters. The van der Waals surface area contributed by atoms with Gasteiger partial charge >= 0.3 is 0 Å². The summed E-state index contributed by atoms with van der Waals surface area (Å²) in [5, 5.41) is 6.22. The number of aryl methyl sites for hydroxylation is 2. The van der Waals surface area contributed by atoms with E-state index in [0.717, 1.165) is 25.1 Å². The predicted molar refractivity (Wildman–Crippen MR) is 81.5 cm³/mol. The molecule has 0 fully saturated rings. The predicted octanol–water partition coefficient (Wildman–Crippen LogP) is 3.00. The number of benzene rings is 1. The van der Waals surface area contributed by atoms with Gasteiger partial charge in [-0.2, -0.15) is 0 Å². The zero-order valence-electron chi connectivity index (χ0n) is 12.5. The van der Waals surface area contributed by atoms with Gasteiger partial charge in [-0.15, -0.1) is 0 Å². The summed E-state index contributed by atoms with van der Waals surface area (Å²) < 4.78 is 0. The van der Waals surface area contributed by atoms with E-state index < -0.39 is 0 Å². The Labute approximate surface area is 116 Å². The van der Waals surface area contributed by atoms with Crippen LogP contribution in [0.2, 0.25) is 0 Å². The first-order chi connectivity index (χ1) is 9.08. The lowest BCUT2D eigenvalue weighted by Gasteiger charge is -2.15. The van der Waals surface area contributed by atoms with Crippen LogP contribution in [0.25, 0.3) is 0 Å². The van der Waals surface area contributed by atoms with Crippen LogP contribution in [0, 0.1) is 5.92 Å². The van der Waals surface area contributed by atoms with E-state index in [-0.39, 0.29) is 5.91 Å². The lowest BCUT2D eigenvalue weighted by molar-refractivity contribution is -0.115. The number of hydrogen-bond donors (Lipinski definition) is 2. The zero-order chi connectivity index (χ0) is 14.3. The molecular formula is C16H26N2O. The summed E-state index contributed by atoms with van der Waals surface area (Å²) in [5.41, 5.74) is 3.41. The number of rotatable bonds is 7. The number of carbonyl (C=O) groups is 1. The zero-order valence-corrected chi connectivity index (χ0v) is 12.5. The number of para-hydroxylation sites is 1. The molecule has 0 aliphatic heterocycles. The molecule has 1 rings (SSSR count). The minimum absolute atomic E-state index is 0.0382. The molecule has 0 radical (unpaired) electrons. The molecule has 0 heterocycles. The van der Waals surface area contributed by atoms with Gasteiger partial charge < -0.3 is 10.6 Å². The summed E-state index contributed by atoms with van der Waals surface area (Å²) in [6.45, 7) is 9.73. The molecule has 0 bridgehead atoms. The fraction of sp³-hybridized carbons (Fsp3) is 0.562. The van der Waals surface area contributed by atoms with Crippen molar-refractivity contribution in [3.8, 4) is 0 Å². The highest BCUT2D eigenvalue weighted by Crippen LogP contribution is 2.22. The quantitative estimate of drug-likeness (QED) is 0.793. The molecular weight excluding hydrogens is 236 g/mol. The van der Waals surface area contributed by atoms with Gasteiger partial charge in [-0.25, -0.2) is 0 Å². The fourth-order valence-electron chi connectivity index (χ4n) is 2.06. The Bertz CT molecular complexity index is 391. The van der Waals surface area contributed by atoms with Crippen LogP contribution in [0.1, 0.15) is 38.8 Å². The highest BCUT2D eigenvalue weighted by atomic mass is 16.1. The van der Waals surface area contributed by atoms with Crippen molar-refractivity contribution >= 4 is 11.6 Å². The van der Waals surface area contributed by atoms with Crippen molar-refractivity contribution in [1.29, 1.82) is 0 Å². The van der Waals surface area contributed by atoms with Crippen molar-refractivity contribution in [2.45, 2.75) is 40.5 Å². The Kier molecular flexibility index (Phi) is 6.57. The van der Waals surface area contributed by atoms with Crippen molar-refractivity contribution in [2.24, 2.45) is 5.92 Å². The molecule has 3 heteroatoms. The second kappa shape index (κ2) is 7.95. The highest BCUT2D eigenvalue weighted by molar-refractivity contribution is 5.93. The first-order valence-corrected chi connectivity index (χ1v) is 7.19. The molecule has 0 saturated heterocycles. The first kappa shape index (κ1) is 15.7. The van der Waals surface area contributed by atoms with Gasteiger partial charge in [0, 0.05) is 5.69 Å². The maximum absolute atomic E-state index is 12.0. The third-order valence-electron chi connectivity index (χ3n) is 3.10. The van der Waals surface area contributed by atoms with Gasteiger partial charge in [0.15, 0.2) is 0 Å². The molecule has 2 N–H and O–H groups in total. The van der Waals surface area contributed by atoms with Crippen LogP contribution in [0.5, 0.6) is 0 Å². The lowest BCUT2D eigenvalue weighted by Crippen LogP contribution is -2.31. The smallest absolute Gasteiger partial charge is 0.238 e. The first-order valence-electron chi connectivity index (χ1n) is 7.19. The second-order valence-corrected chi connectivity index (χ2v) is 5.23. The molecule has 1 aromatic rings. The van der Waals surface area contributed by atoms with E-state index in [1.54, 1.807) is 0 Å². The normalized spacial score (nSPS) is 10.8. The van der Waals surface area contributed by atoms with Gasteiger partial charge in [-0.3, -0.25) is 4.79 Å². The van der Waals surface area contributed by atoms with E-state index in [2.05, 4.69) is 56.5 Å². The summed E-state index contributed by atoms with van der Waals surface area (Å²) in [5.74, 6) is 0.596. The molecule has 0 spiro atoms. The molecule has 3 nitrogen and oxygen atoms in total. The molecule has 0 saturated carbocycles. The van der Waals surface area contributed by atoms with Crippen molar-refractivity contribution in [3.05, 3.63) is 29.3 Å². The number of amides is 1. The highest BCUT2D eigenvalue weighted by Gasteiger charge is 2.09. The molecule has 1 amide bonds. The Balaban J connectivity index is 2.67. The number of carbonyl (C=O) groups excluding carboxylic acids is 1. The van der Waals surface area contributed by atoms with Crippen molar-refractivity contribution in [2.75, 3.05) is 18.4 Å². The molecule has 1 aromatic carbocycles. The summed E-state index contributed by atoms with van der Waals surface area (Å²) >= 11 is 0. The van der Waals surface area contributed by atoms with E-state index in [0.29, 0.717) is 12.5 Å². The summed E-state index contributed by atoms with van der Waals surface area (Å²) in [4.78, 5) is 12.0. The van der Waals surface area contributed by atoms with E-state index in [4.69, 9.17) is 0 Å². The van der Waals surface area contributed by atoms with Gasteiger partial charge in [0.1, 0.15) is 0 Å². The topological polar surface area (TPSA) is 41.1 Å². The third-order valence-corrected chi connectivity index (χ3v) is 3.10. The van der Waals surface area contributed by atoms with Crippen molar-refractivity contribution in [3.63, 3.8) is 0 Å². The van der Waals surface area contributed by atoms with Crippen LogP contribution < -0.4 is 10.6 Å². The Morgan fingerprint density at radius 3 is 2.21 bits per heavy atom. The molecule has 0 aliphatic rings. The van der Waals surface area contributed by atoms with Crippen LogP contribution in [-0.2, 0) is 17.6 Å². The monoisotopic (exact) mass is 262 g/mol. The largest absolute Gasteiger partial charge is 0.324 e. The molecule has 19 heavy (non-hydrogen) atoms. The van der Waals surface area contributed by atoms with Crippen LogP contribution in [0.3, 0.4) is 0 Å². The Morgan fingerprint density at radius 2 is 1.74 bits per heavy atom. The van der Waals surface area contributed by atoms with E-state index in [1.165, 1.54) is 11.1 Å². The molecule has 106 valence electrons. The standard InChI is InChI=1S/C16H26N2O/c1-5-13-8-7-9-14(6-2)16(13)18-15(19)11-17-10-12(3)4/h7-9,12,17H,5-6,10-11H2,1-4H3,(H,18,19). The van der Waals surface area contributed by atoms with Crippen LogP contribution in [0.4, 0.5) is 5.69 Å². The van der Waals surface area contributed by atoms with Gasteiger partial charge in [0.2, 0.25) is 5.91 Å². The van der Waals surface area contributed by atoms with Gasteiger partial charge in [0.05, 0.1) is 6.54 Å². The maximum Gasteiger partial charge on any atom is 0.238 e. The van der Waals surface area contributed by atoms with E-state index >= 15 is 0 Å². The summed E-state index contributed by atoms with van der Waals surface area (Å²) in [6, 6.07) is 6.22. The minimum atomic E-state index is 0.0382. The van der Waals surface area contributed by atoms with Crippen molar-refractivity contribution < 1.29 is 4.79 Å². The van der Waals surface area contributed by atoms with Crippen LogP contribution in [-0.4, -0.2) is 19.0 Å². The third kappa shape index (κ3) is 5.03. The molecule has 0 aromatic heterocycles. The van der Waals surface area contributed by atoms with Crippen LogP contribution in [0.15, 0.2) is 18.2 Å².